The van der Waals surface area contributed by atoms with E-state index in [0.717, 1.165) is 21.7 Å². The van der Waals surface area contributed by atoms with E-state index in [-0.39, 0.29) is 0 Å². The van der Waals surface area contributed by atoms with Crippen LogP contribution in [0.1, 0.15) is 29.2 Å². The lowest BCUT2D eigenvalue weighted by Crippen LogP contribution is -2.18. The van der Waals surface area contributed by atoms with Gasteiger partial charge in [0.1, 0.15) is 5.01 Å². The standard InChI is InChI=1S/C13H15BrN2S/c1-9-8-17-13(16-9)7-15-10(2)11-5-3-4-6-12(11)14/h3-6,8,10,15H,7H2,1-2H3/t10-/m0/s1. The Kier molecular flexibility index (Phi) is 4.31. The summed E-state index contributed by atoms with van der Waals surface area (Å²) in [5.74, 6) is 0. The smallest absolute Gasteiger partial charge is 0.107 e. The second kappa shape index (κ2) is 5.76. The number of benzene rings is 1. The van der Waals surface area contributed by atoms with Gasteiger partial charge < -0.3 is 5.32 Å². The van der Waals surface area contributed by atoms with Gasteiger partial charge in [0, 0.05) is 28.1 Å². The van der Waals surface area contributed by atoms with Crippen molar-refractivity contribution in [3.05, 3.63) is 50.4 Å². The summed E-state index contributed by atoms with van der Waals surface area (Å²) in [4.78, 5) is 4.44. The highest BCUT2D eigenvalue weighted by molar-refractivity contribution is 9.10. The predicted molar refractivity (Wildman–Crippen MR) is 76.2 cm³/mol. The van der Waals surface area contributed by atoms with Gasteiger partial charge in [0.2, 0.25) is 0 Å². The lowest BCUT2D eigenvalue weighted by molar-refractivity contribution is 0.571. The van der Waals surface area contributed by atoms with Crippen LogP contribution in [-0.2, 0) is 6.54 Å². The molecule has 0 saturated carbocycles. The van der Waals surface area contributed by atoms with Gasteiger partial charge in [-0.2, -0.15) is 0 Å². The highest BCUT2D eigenvalue weighted by Crippen LogP contribution is 2.23. The average Bonchev–Trinajstić information content (AvgIpc) is 2.73. The normalized spacial score (nSPS) is 12.6. The first-order valence-electron chi connectivity index (χ1n) is 5.55. The van der Waals surface area contributed by atoms with Gasteiger partial charge in [0.15, 0.2) is 0 Å². The molecular formula is C13H15BrN2S. The number of aromatic nitrogens is 1. The third-order valence-corrected chi connectivity index (χ3v) is 4.29. The van der Waals surface area contributed by atoms with Crippen LogP contribution in [0.3, 0.4) is 0 Å². The molecule has 1 aromatic carbocycles. The number of nitrogens with zero attached hydrogens (tertiary/aromatic N) is 1. The molecule has 0 aliphatic carbocycles. The lowest BCUT2D eigenvalue weighted by atomic mass is 10.1. The Labute approximate surface area is 114 Å². The molecule has 1 atom stereocenters. The Hall–Kier alpha value is -0.710. The van der Waals surface area contributed by atoms with Gasteiger partial charge in [0.25, 0.3) is 0 Å². The summed E-state index contributed by atoms with van der Waals surface area (Å²) in [5, 5.41) is 6.71. The van der Waals surface area contributed by atoms with E-state index in [9.17, 15) is 0 Å². The molecule has 0 fully saturated rings. The molecule has 2 rings (SSSR count). The van der Waals surface area contributed by atoms with Crippen molar-refractivity contribution in [1.82, 2.24) is 10.3 Å². The molecule has 17 heavy (non-hydrogen) atoms. The van der Waals surface area contributed by atoms with E-state index < -0.39 is 0 Å². The van der Waals surface area contributed by atoms with E-state index in [2.05, 4.69) is 56.7 Å². The van der Waals surface area contributed by atoms with Crippen molar-refractivity contribution in [2.75, 3.05) is 0 Å². The minimum atomic E-state index is 0.315. The Bertz CT molecular complexity index is 496. The Morgan fingerprint density at radius 1 is 1.41 bits per heavy atom. The Balaban J connectivity index is 1.98. The van der Waals surface area contributed by atoms with E-state index >= 15 is 0 Å². The third-order valence-electron chi connectivity index (χ3n) is 2.60. The van der Waals surface area contributed by atoms with Gasteiger partial charge in [-0.25, -0.2) is 4.98 Å². The van der Waals surface area contributed by atoms with Gasteiger partial charge in [-0.05, 0) is 25.5 Å². The first-order chi connectivity index (χ1) is 8.16. The van der Waals surface area contributed by atoms with Gasteiger partial charge in [0.05, 0.1) is 0 Å². The van der Waals surface area contributed by atoms with Crippen molar-refractivity contribution in [3.8, 4) is 0 Å². The Morgan fingerprint density at radius 2 is 2.18 bits per heavy atom. The van der Waals surface area contributed by atoms with Crippen molar-refractivity contribution in [3.63, 3.8) is 0 Å². The SMILES string of the molecule is Cc1csc(CN[C@@H](C)c2ccccc2Br)n1. The zero-order valence-corrected chi connectivity index (χ0v) is 12.3. The van der Waals surface area contributed by atoms with Crippen LogP contribution in [-0.4, -0.2) is 4.98 Å². The molecule has 0 radical (unpaired) electrons. The number of halogens is 1. The van der Waals surface area contributed by atoms with Crippen LogP contribution < -0.4 is 5.32 Å². The summed E-state index contributed by atoms with van der Waals surface area (Å²) < 4.78 is 1.15. The first-order valence-corrected chi connectivity index (χ1v) is 7.23. The zero-order valence-electron chi connectivity index (χ0n) is 9.90. The highest BCUT2D eigenvalue weighted by Gasteiger charge is 2.08. The molecule has 0 aliphatic heterocycles. The molecular weight excluding hydrogens is 296 g/mol. The zero-order chi connectivity index (χ0) is 12.3. The molecule has 1 N–H and O–H groups in total. The van der Waals surface area contributed by atoms with Crippen molar-refractivity contribution in [2.24, 2.45) is 0 Å². The largest absolute Gasteiger partial charge is 0.304 e. The van der Waals surface area contributed by atoms with Crippen LogP contribution >= 0.6 is 27.3 Å². The molecule has 0 amide bonds. The molecule has 4 heteroatoms. The maximum absolute atomic E-state index is 4.44. The number of hydrogen-bond donors (Lipinski definition) is 1. The Morgan fingerprint density at radius 3 is 2.82 bits per heavy atom. The molecule has 0 bridgehead atoms. The molecule has 0 saturated heterocycles. The van der Waals surface area contributed by atoms with Gasteiger partial charge in [-0.1, -0.05) is 34.1 Å². The molecule has 0 aliphatic rings. The fraction of sp³-hybridized carbons (Fsp3) is 0.308. The second-order valence-electron chi connectivity index (χ2n) is 4.01. The van der Waals surface area contributed by atoms with Gasteiger partial charge in [-0.3, -0.25) is 0 Å². The number of thiazole rings is 1. The number of aryl methyl sites for hydroxylation is 1. The minimum absolute atomic E-state index is 0.315. The van der Waals surface area contributed by atoms with Crippen molar-refractivity contribution in [2.45, 2.75) is 26.4 Å². The molecule has 0 spiro atoms. The molecule has 2 aromatic rings. The molecule has 0 unspecified atom stereocenters. The van der Waals surface area contributed by atoms with Crippen molar-refractivity contribution in [1.29, 1.82) is 0 Å². The molecule has 90 valence electrons. The summed E-state index contributed by atoms with van der Waals surface area (Å²) in [6.45, 7) is 5.01. The lowest BCUT2D eigenvalue weighted by Gasteiger charge is -2.14. The number of nitrogens with one attached hydrogen (secondary N) is 1. The third kappa shape index (κ3) is 3.37. The highest BCUT2D eigenvalue weighted by atomic mass is 79.9. The van der Waals surface area contributed by atoms with Crippen LogP contribution in [0.25, 0.3) is 0 Å². The summed E-state index contributed by atoms with van der Waals surface area (Å²) >= 11 is 5.28. The van der Waals surface area contributed by atoms with E-state index in [1.807, 2.05) is 13.0 Å². The molecule has 1 aromatic heterocycles. The fourth-order valence-corrected chi connectivity index (χ4v) is 3.01. The van der Waals surface area contributed by atoms with Crippen LogP contribution in [0.2, 0.25) is 0 Å². The first kappa shape index (κ1) is 12.7. The molecule has 1 heterocycles. The summed E-state index contributed by atoms with van der Waals surface area (Å²) in [7, 11) is 0. The van der Waals surface area contributed by atoms with Gasteiger partial charge in [-0.15, -0.1) is 11.3 Å². The monoisotopic (exact) mass is 310 g/mol. The fourth-order valence-electron chi connectivity index (χ4n) is 1.66. The topological polar surface area (TPSA) is 24.9 Å². The van der Waals surface area contributed by atoms with E-state index in [4.69, 9.17) is 0 Å². The van der Waals surface area contributed by atoms with Crippen LogP contribution in [0, 0.1) is 6.92 Å². The quantitative estimate of drug-likeness (QED) is 0.921. The van der Waals surface area contributed by atoms with E-state index in [1.165, 1.54) is 5.56 Å². The van der Waals surface area contributed by atoms with Crippen LogP contribution in [0.4, 0.5) is 0 Å². The van der Waals surface area contributed by atoms with Crippen molar-refractivity contribution >= 4 is 27.3 Å². The van der Waals surface area contributed by atoms with E-state index in [0.29, 0.717) is 6.04 Å². The van der Waals surface area contributed by atoms with Gasteiger partial charge >= 0.3 is 0 Å². The summed E-state index contributed by atoms with van der Waals surface area (Å²) in [6, 6.07) is 8.61. The summed E-state index contributed by atoms with van der Waals surface area (Å²) in [5.41, 5.74) is 2.38. The minimum Gasteiger partial charge on any atom is -0.304 e. The maximum Gasteiger partial charge on any atom is 0.107 e. The van der Waals surface area contributed by atoms with Crippen LogP contribution in [0.5, 0.6) is 0 Å². The van der Waals surface area contributed by atoms with Crippen molar-refractivity contribution < 1.29 is 0 Å². The predicted octanol–water partition coefficient (Wildman–Crippen LogP) is 4.06. The maximum atomic E-state index is 4.44. The van der Waals surface area contributed by atoms with E-state index in [1.54, 1.807) is 11.3 Å². The number of hydrogen-bond acceptors (Lipinski definition) is 3. The second-order valence-corrected chi connectivity index (χ2v) is 5.80. The van der Waals surface area contributed by atoms with Crippen LogP contribution in [0.15, 0.2) is 34.1 Å². The number of rotatable bonds is 4. The average molecular weight is 311 g/mol. The molecule has 2 nitrogen and oxygen atoms in total. The summed E-state index contributed by atoms with van der Waals surface area (Å²) in [6.07, 6.45) is 0.